The number of hydrogen-bond acceptors (Lipinski definition) is 6. The number of aromatic nitrogens is 1. The highest BCUT2D eigenvalue weighted by molar-refractivity contribution is 7.89. The van der Waals surface area contributed by atoms with E-state index < -0.39 is 10.0 Å². The molecule has 33 heavy (non-hydrogen) atoms. The maximum Gasteiger partial charge on any atom is 0.243 e. The van der Waals surface area contributed by atoms with Crippen molar-refractivity contribution in [2.45, 2.75) is 51.0 Å². The van der Waals surface area contributed by atoms with E-state index in [2.05, 4.69) is 15.2 Å². The fraction of sp³-hybridized carbons (Fsp3) is 0.667. The van der Waals surface area contributed by atoms with Gasteiger partial charge in [-0.05, 0) is 56.4 Å². The Balaban J connectivity index is 1.39. The quantitative estimate of drug-likeness (QED) is 0.346. The lowest BCUT2D eigenvalue weighted by atomic mass is 10.2. The zero-order valence-corrected chi connectivity index (χ0v) is 20.3. The van der Waals surface area contributed by atoms with Gasteiger partial charge in [-0.2, -0.15) is 4.31 Å². The van der Waals surface area contributed by atoms with Gasteiger partial charge in [0.05, 0.1) is 19.0 Å². The van der Waals surface area contributed by atoms with Gasteiger partial charge in [-0.25, -0.2) is 8.42 Å². The maximum atomic E-state index is 13.1. The molecule has 1 N–H and O–H groups in total. The largest absolute Gasteiger partial charge is 0.379 e. The molecule has 1 aliphatic carbocycles. The molecule has 0 aromatic carbocycles. The fourth-order valence-corrected chi connectivity index (χ4v) is 6.34. The first kappa shape index (κ1) is 25.8. The topological polar surface area (TPSA) is 91.8 Å². The van der Waals surface area contributed by atoms with E-state index in [1.807, 2.05) is 12.1 Å². The van der Waals surface area contributed by atoms with Gasteiger partial charge in [0.25, 0.3) is 0 Å². The van der Waals surface area contributed by atoms with Crippen molar-refractivity contribution in [2.24, 2.45) is 0 Å². The van der Waals surface area contributed by atoms with E-state index in [9.17, 15) is 13.2 Å². The van der Waals surface area contributed by atoms with E-state index >= 15 is 0 Å². The number of rotatable bonds is 13. The van der Waals surface area contributed by atoms with Crippen molar-refractivity contribution in [3.63, 3.8) is 0 Å². The van der Waals surface area contributed by atoms with Crippen LogP contribution in [0.1, 0.15) is 50.5 Å². The van der Waals surface area contributed by atoms with Crippen molar-refractivity contribution in [3.05, 3.63) is 36.2 Å². The standard InChI is InChI=1S/C24H38N4O4S/c29-24(11-10-22-7-5-12-25-21-22)26-13-3-4-20-33(30,31)28(23-8-1-2-9-23)15-6-14-27-16-18-32-19-17-27/h5,7,10-12,21,23H,1-4,6,8-9,13-20H2,(H,26,29)/b11-10+. The minimum Gasteiger partial charge on any atom is -0.379 e. The number of nitrogens with one attached hydrogen (secondary N) is 1. The highest BCUT2D eigenvalue weighted by Gasteiger charge is 2.31. The minimum atomic E-state index is -3.30. The third-order valence-electron chi connectivity index (χ3n) is 6.29. The Hall–Kier alpha value is -1.81. The molecule has 2 fully saturated rings. The first-order valence-corrected chi connectivity index (χ1v) is 13.8. The predicted molar refractivity (Wildman–Crippen MR) is 130 cm³/mol. The first-order valence-electron chi connectivity index (χ1n) is 12.2. The molecule has 0 bridgehead atoms. The molecule has 0 radical (unpaired) electrons. The van der Waals surface area contributed by atoms with Crippen LogP contribution >= 0.6 is 0 Å². The van der Waals surface area contributed by atoms with Gasteiger partial charge >= 0.3 is 0 Å². The van der Waals surface area contributed by atoms with Crippen LogP contribution in [0.3, 0.4) is 0 Å². The average Bonchev–Trinajstić information content (AvgIpc) is 3.36. The molecular weight excluding hydrogens is 440 g/mol. The summed E-state index contributed by atoms with van der Waals surface area (Å²) in [5, 5.41) is 2.82. The molecule has 1 saturated heterocycles. The number of unbranched alkanes of at least 4 members (excludes halogenated alkanes) is 1. The normalized spacial score (nSPS) is 18.3. The van der Waals surface area contributed by atoms with Crippen LogP contribution in [0.2, 0.25) is 0 Å². The predicted octanol–water partition coefficient (Wildman–Crippen LogP) is 2.29. The number of nitrogens with zero attached hydrogens (tertiary/aromatic N) is 3. The zero-order valence-electron chi connectivity index (χ0n) is 19.5. The van der Waals surface area contributed by atoms with Gasteiger partial charge in [-0.15, -0.1) is 0 Å². The molecule has 1 aliphatic heterocycles. The Bertz CT molecular complexity index is 835. The third-order valence-corrected chi connectivity index (χ3v) is 8.29. The van der Waals surface area contributed by atoms with Crippen molar-refractivity contribution >= 4 is 22.0 Å². The molecule has 8 nitrogen and oxygen atoms in total. The van der Waals surface area contributed by atoms with E-state index in [1.54, 1.807) is 22.8 Å². The lowest BCUT2D eigenvalue weighted by molar-refractivity contribution is -0.116. The van der Waals surface area contributed by atoms with Crippen LogP contribution in [0.5, 0.6) is 0 Å². The summed E-state index contributed by atoms with van der Waals surface area (Å²) in [6.07, 6.45) is 12.8. The Labute approximate surface area is 198 Å². The van der Waals surface area contributed by atoms with Crippen LogP contribution in [0.4, 0.5) is 0 Å². The second-order valence-corrected chi connectivity index (χ2v) is 10.8. The van der Waals surface area contributed by atoms with E-state index in [1.165, 1.54) is 6.08 Å². The Morgan fingerprint density at radius 1 is 1.21 bits per heavy atom. The minimum absolute atomic E-state index is 0.141. The number of sulfonamides is 1. The highest BCUT2D eigenvalue weighted by Crippen LogP contribution is 2.26. The van der Waals surface area contributed by atoms with Gasteiger partial charge in [-0.3, -0.25) is 14.7 Å². The molecule has 0 spiro atoms. The number of carbonyl (C=O) groups excluding carboxylic acids is 1. The second-order valence-electron chi connectivity index (χ2n) is 8.79. The van der Waals surface area contributed by atoms with Crippen LogP contribution in [0.15, 0.2) is 30.6 Å². The monoisotopic (exact) mass is 478 g/mol. The van der Waals surface area contributed by atoms with Crippen molar-refractivity contribution < 1.29 is 17.9 Å². The molecule has 1 amide bonds. The van der Waals surface area contributed by atoms with Crippen LogP contribution in [0, 0.1) is 0 Å². The van der Waals surface area contributed by atoms with Crippen molar-refractivity contribution in [1.82, 2.24) is 19.5 Å². The molecule has 0 atom stereocenters. The number of pyridine rings is 1. The van der Waals surface area contributed by atoms with Gasteiger partial charge in [0.1, 0.15) is 0 Å². The third kappa shape index (κ3) is 9.16. The Morgan fingerprint density at radius 3 is 2.73 bits per heavy atom. The van der Waals surface area contributed by atoms with Crippen LogP contribution in [0.25, 0.3) is 6.08 Å². The van der Waals surface area contributed by atoms with Crippen molar-refractivity contribution in [2.75, 3.05) is 51.7 Å². The second kappa shape index (κ2) is 13.8. The van der Waals surface area contributed by atoms with Gasteiger partial charge in [0.2, 0.25) is 15.9 Å². The molecule has 9 heteroatoms. The van der Waals surface area contributed by atoms with E-state index in [0.29, 0.717) is 25.9 Å². The van der Waals surface area contributed by atoms with Crippen LogP contribution in [-0.4, -0.2) is 86.2 Å². The molecule has 2 heterocycles. The van der Waals surface area contributed by atoms with Crippen LogP contribution in [-0.2, 0) is 19.6 Å². The summed E-state index contributed by atoms with van der Waals surface area (Å²) in [4.78, 5) is 18.3. The number of amides is 1. The molecule has 2 aliphatic rings. The summed E-state index contributed by atoms with van der Waals surface area (Å²) in [5.74, 6) is -0.0416. The molecule has 184 valence electrons. The number of hydrogen-bond donors (Lipinski definition) is 1. The molecule has 0 unspecified atom stereocenters. The maximum absolute atomic E-state index is 13.1. The smallest absolute Gasteiger partial charge is 0.243 e. The Morgan fingerprint density at radius 2 is 2.00 bits per heavy atom. The fourth-order valence-electron chi connectivity index (χ4n) is 4.46. The van der Waals surface area contributed by atoms with Crippen molar-refractivity contribution in [3.8, 4) is 0 Å². The summed E-state index contributed by atoms with van der Waals surface area (Å²) in [6, 6.07) is 3.84. The van der Waals surface area contributed by atoms with Crippen LogP contribution < -0.4 is 5.32 Å². The highest BCUT2D eigenvalue weighted by atomic mass is 32.2. The summed E-state index contributed by atoms with van der Waals surface area (Å²) in [6.45, 7) is 5.37. The molecule has 1 aromatic rings. The lowest BCUT2D eigenvalue weighted by Gasteiger charge is -2.30. The number of morpholine rings is 1. The zero-order chi connectivity index (χ0) is 23.4. The molecular formula is C24H38N4O4S. The summed E-state index contributed by atoms with van der Waals surface area (Å²) < 4.78 is 33.5. The summed E-state index contributed by atoms with van der Waals surface area (Å²) >= 11 is 0. The van der Waals surface area contributed by atoms with Gasteiger partial charge in [0, 0.05) is 50.7 Å². The van der Waals surface area contributed by atoms with Gasteiger partial charge in [0.15, 0.2) is 0 Å². The van der Waals surface area contributed by atoms with Gasteiger partial charge < -0.3 is 10.1 Å². The average molecular weight is 479 g/mol. The van der Waals surface area contributed by atoms with Crippen molar-refractivity contribution in [1.29, 1.82) is 0 Å². The summed E-state index contributed by atoms with van der Waals surface area (Å²) in [5.41, 5.74) is 0.861. The molecule has 1 aromatic heterocycles. The number of ether oxygens (including phenoxy) is 1. The van der Waals surface area contributed by atoms with Gasteiger partial charge in [-0.1, -0.05) is 18.9 Å². The SMILES string of the molecule is O=C(/C=C/c1cccnc1)NCCCCS(=O)(=O)N(CCCN1CCOCC1)C1CCCC1. The van der Waals surface area contributed by atoms with E-state index in [0.717, 1.165) is 70.5 Å². The Kier molecular flexibility index (Phi) is 10.8. The summed E-state index contributed by atoms with van der Waals surface area (Å²) in [7, 11) is -3.30. The van der Waals surface area contributed by atoms with E-state index in [4.69, 9.17) is 4.74 Å². The van der Waals surface area contributed by atoms with E-state index in [-0.39, 0.29) is 17.7 Å². The molecule has 3 rings (SSSR count). The molecule has 1 saturated carbocycles. The first-order chi connectivity index (χ1) is 16.0. The number of carbonyl (C=O) groups is 1. The lowest BCUT2D eigenvalue weighted by Crippen LogP contribution is -2.43.